The summed E-state index contributed by atoms with van der Waals surface area (Å²) in [5.74, 6) is 1.93. The van der Waals surface area contributed by atoms with Gasteiger partial charge in [0.2, 0.25) is 5.95 Å². The zero-order chi connectivity index (χ0) is 22.5. The van der Waals surface area contributed by atoms with E-state index in [-0.39, 0.29) is 11.5 Å². The molecule has 1 aromatic heterocycles. The maximum Gasteiger partial charge on any atom is 0.267 e. The van der Waals surface area contributed by atoms with E-state index in [9.17, 15) is 4.79 Å². The third kappa shape index (κ3) is 3.98. The van der Waals surface area contributed by atoms with Gasteiger partial charge in [0, 0.05) is 12.1 Å². The minimum Gasteiger partial charge on any atom is -0.496 e. The molecule has 0 saturated heterocycles. The van der Waals surface area contributed by atoms with Gasteiger partial charge in [-0.05, 0) is 24.3 Å². The summed E-state index contributed by atoms with van der Waals surface area (Å²) in [6.45, 7) is 0. The first kappa shape index (κ1) is 20.9. The van der Waals surface area contributed by atoms with Crippen molar-refractivity contribution in [1.82, 2.24) is 9.55 Å². The van der Waals surface area contributed by atoms with Crippen LogP contribution in [0.25, 0.3) is 16.6 Å². The van der Waals surface area contributed by atoms with E-state index < -0.39 is 0 Å². The molecule has 0 aliphatic rings. The Kier molecular flexibility index (Phi) is 6.03. The molecule has 1 heterocycles. The largest absolute Gasteiger partial charge is 0.496 e. The highest BCUT2D eigenvalue weighted by Gasteiger charge is 2.14. The van der Waals surface area contributed by atoms with Crippen molar-refractivity contribution in [2.45, 2.75) is 0 Å². The number of para-hydroxylation sites is 2. The molecule has 4 rings (SSSR count). The number of rotatable bonds is 7. The molecular formula is C24H22N4O4. The summed E-state index contributed by atoms with van der Waals surface area (Å²) in [6, 6.07) is 19.9. The van der Waals surface area contributed by atoms with E-state index in [0.29, 0.717) is 39.4 Å². The molecule has 0 saturated carbocycles. The Morgan fingerprint density at radius 3 is 2.22 bits per heavy atom. The Morgan fingerprint density at radius 1 is 0.906 bits per heavy atom. The Balaban J connectivity index is 1.79. The topological polar surface area (TPSA) is 87.0 Å². The summed E-state index contributed by atoms with van der Waals surface area (Å²) < 4.78 is 17.7. The summed E-state index contributed by atoms with van der Waals surface area (Å²) in [4.78, 5) is 17.8. The van der Waals surface area contributed by atoms with Crippen molar-refractivity contribution in [1.29, 1.82) is 0 Å². The van der Waals surface area contributed by atoms with Gasteiger partial charge in [0.25, 0.3) is 5.56 Å². The number of hydrogen-bond acceptors (Lipinski definition) is 7. The van der Waals surface area contributed by atoms with Gasteiger partial charge < -0.3 is 14.2 Å². The molecule has 0 unspecified atom stereocenters. The highest BCUT2D eigenvalue weighted by atomic mass is 16.5. The van der Waals surface area contributed by atoms with Crippen LogP contribution in [0.5, 0.6) is 17.2 Å². The van der Waals surface area contributed by atoms with Gasteiger partial charge in [-0.15, -0.1) is 0 Å². The van der Waals surface area contributed by atoms with E-state index in [0.717, 1.165) is 0 Å². The van der Waals surface area contributed by atoms with Crippen molar-refractivity contribution in [2.75, 3.05) is 26.8 Å². The van der Waals surface area contributed by atoms with E-state index in [2.05, 4.69) is 15.5 Å². The van der Waals surface area contributed by atoms with Crippen molar-refractivity contribution in [3.8, 4) is 22.9 Å². The Bertz CT molecular complexity index is 1310. The molecule has 4 aromatic rings. The first-order valence-corrected chi connectivity index (χ1v) is 9.82. The van der Waals surface area contributed by atoms with Gasteiger partial charge in [-0.3, -0.25) is 4.79 Å². The SMILES string of the molecule is COc1cc(OC)c(/C=N\Nc2nc3ccccc3c(=O)n2-c2ccccc2)c(OC)c1. The number of hydrazone groups is 1. The lowest BCUT2D eigenvalue weighted by atomic mass is 10.2. The van der Waals surface area contributed by atoms with Crippen LogP contribution in [0, 0.1) is 0 Å². The van der Waals surface area contributed by atoms with Crippen LogP contribution >= 0.6 is 0 Å². The predicted molar refractivity (Wildman–Crippen MR) is 125 cm³/mol. The molecule has 3 aromatic carbocycles. The maximum atomic E-state index is 13.2. The van der Waals surface area contributed by atoms with Crippen LogP contribution in [0.2, 0.25) is 0 Å². The van der Waals surface area contributed by atoms with Crippen molar-refractivity contribution >= 4 is 23.1 Å². The minimum absolute atomic E-state index is 0.195. The normalized spacial score (nSPS) is 11.0. The standard InChI is InChI=1S/C24H22N4O4/c1-30-17-13-21(31-2)19(22(14-17)32-3)15-25-27-24-26-20-12-8-7-11-18(20)23(29)28(24)16-9-5-4-6-10-16/h4-15H,1-3H3,(H,26,27)/b25-15-. The highest BCUT2D eigenvalue weighted by Crippen LogP contribution is 2.32. The molecule has 8 nitrogen and oxygen atoms in total. The zero-order valence-corrected chi connectivity index (χ0v) is 17.9. The Labute approximate surface area is 184 Å². The second kappa shape index (κ2) is 9.22. The second-order valence-corrected chi connectivity index (χ2v) is 6.74. The number of fused-ring (bicyclic) bond motifs is 1. The first-order chi connectivity index (χ1) is 15.7. The molecule has 0 bridgehead atoms. The number of ether oxygens (including phenoxy) is 3. The average Bonchev–Trinajstić information content (AvgIpc) is 2.84. The fourth-order valence-electron chi connectivity index (χ4n) is 3.34. The van der Waals surface area contributed by atoms with Gasteiger partial charge in [0.1, 0.15) is 17.2 Å². The molecule has 0 radical (unpaired) electrons. The molecule has 0 aliphatic carbocycles. The molecule has 0 amide bonds. The highest BCUT2D eigenvalue weighted by molar-refractivity contribution is 5.88. The van der Waals surface area contributed by atoms with E-state index in [1.54, 1.807) is 51.8 Å². The van der Waals surface area contributed by atoms with Gasteiger partial charge in [-0.25, -0.2) is 15.0 Å². The number of aromatic nitrogens is 2. The van der Waals surface area contributed by atoms with Crippen LogP contribution in [0.4, 0.5) is 5.95 Å². The molecule has 0 spiro atoms. The average molecular weight is 430 g/mol. The molecular weight excluding hydrogens is 408 g/mol. The lowest BCUT2D eigenvalue weighted by Crippen LogP contribution is -2.22. The predicted octanol–water partition coefficient (Wildman–Crippen LogP) is 3.86. The third-order valence-corrected chi connectivity index (χ3v) is 4.90. The van der Waals surface area contributed by atoms with Gasteiger partial charge >= 0.3 is 0 Å². The monoisotopic (exact) mass is 430 g/mol. The van der Waals surface area contributed by atoms with Crippen molar-refractivity contribution < 1.29 is 14.2 Å². The quantitative estimate of drug-likeness (QED) is 0.354. The Morgan fingerprint density at radius 2 is 1.56 bits per heavy atom. The van der Waals surface area contributed by atoms with Crippen LogP contribution in [-0.4, -0.2) is 37.1 Å². The molecule has 0 atom stereocenters. The van der Waals surface area contributed by atoms with Gasteiger partial charge in [-0.1, -0.05) is 30.3 Å². The Hall–Kier alpha value is -4.33. The van der Waals surface area contributed by atoms with Crippen LogP contribution in [0.15, 0.2) is 76.6 Å². The first-order valence-electron chi connectivity index (χ1n) is 9.82. The number of nitrogens with zero attached hydrogens (tertiary/aromatic N) is 3. The second-order valence-electron chi connectivity index (χ2n) is 6.74. The fraction of sp³-hybridized carbons (Fsp3) is 0.125. The van der Waals surface area contributed by atoms with Gasteiger partial charge in [-0.2, -0.15) is 5.10 Å². The molecule has 0 fully saturated rings. The summed E-state index contributed by atoms with van der Waals surface area (Å²) in [5.41, 5.74) is 4.56. The van der Waals surface area contributed by atoms with E-state index in [4.69, 9.17) is 14.2 Å². The number of anilines is 1. The molecule has 32 heavy (non-hydrogen) atoms. The summed E-state index contributed by atoms with van der Waals surface area (Å²) in [7, 11) is 4.67. The summed E-state index contributed by atoms with van der Waals surface area (Å²) in [5, 5.41) is 4.84. The maximum absolute atomic E-state index is 13.2. The molecule has 1 N–H and O–H groups in total. The van der Waals surface area contributed by atoms with Crippen molar-refractivity contribution in [2.24, 2.45) is 5.10 Å². The summed E-state index contributed by atoms with van der Waals surface area (Å²) in [6.07, 6.45) is 1.55. The lowest BCUT2D eigenvalue weighted by Gasteiger charge is -2.14. The van der Waals surface area contributed by atoms with E-state index >= 15 is 0 Å². The number of nitrogens with one attached hydrogen (secondary N) is 1. The van der Waals surface area contributed by atoms with Crippen LogP contribution in [0.3, 0.4) is 0 Å². The van der Waals surface area contributed by atoms with Crippen LogP contribution in [-0.2, 0) is 0 Å². The number of methoxy groups -OCH3 is 3. The number of hydrogen-bond donors (Lipinski definition) is 1. The number of benzene rings is 3. The summed E-state index contributed by atoms with van der Waals surface area (Å²) >= 11 is 0. The molecule has 162 valence electrons. The lowest BCUT2D eigenvalue weighted by molar-refractivity contribution is 0.374. The van der Waals surface area contributed by atoms with E-state index in [1.807, 2.05) is 42.5 Å². The third-order valence-electron chi connectivity index (χ3n) is 4.90. The van der Waals surface area contributed by atoms with Crippen LogP contribution in [0.1, 0.15) is 5.56 Å². The fourth-order valence-corrected chi connectivity index (χ4v) is 3.34. The van der Waals surface area contributed by atoms with Crippen molar-refractivity contribution in [3.63, 3.8) is 0 Å². The molecule has 8 heteroatoms. The molecule has 0 aliphatic heterocycles. The smallest absolute Gasteiger partial charge is 0.267 e. The zero-order valence-electron chi connectivity index (χ0n) is 17.9. The van der Waals surface area contributed by atoms with Gasteiger partial charge in [0.05, 0.1) is 49.7 Å². The minimum atomic E-state index is -0.195. The van der Waals surface area contributed by atoms with E-state index in [1.165, 1.54) is 4.57 Å². The van der Waals surface area contributed by atoms with Crippen LogP contribution < -0.4 is 25.2 Å². The van der Waals surface area contributed by atoms with Crippen molar-refractivity contribution in [3.05, 3.63) is 82.6 Å². The van der Waals surface area contributed by atoms with Gasteiger partial charge in [0.15, 0.2) is 0 Å².